The van der Waals surface area contributed by atoms with Crippen LogP contribution in [0.25, 0.3) is 0 Å². The highest BCUT2D eigenvalue weighted by Crippen LogP contribution is 2.36. The molecule has 2 N–H and O–H groups in total. The summed E-state index contributed by atoms with van der Waals surface area (Å²) < 4.78 is 11.1. The van der Waals surface area contributed by atoms with Crippen LogP contribution in [0, 0.1) is 0 Å². The van der Waals surface area contributed by atoms with E-state index in [0.29, 0.717) is 25.3 Å². The number of hydrogen-bond donors (Lipinski definition) is 1. The van der Waals surface area contributed by atoms with Gasteiger partial charge in [-0.15, -0.1) is 0 Å². The van der Waals surface area contributed by atoms with E-state index in [4.69, 9.17) is 15.2 Å². The highest BCUT2D eigenvalue weighted by atomic mass is 16.5. The Morgan fingerprint density at radius 1 is 1.33 bits per heavy atom. The van der Waals surface area contributed by atoms with Crippen molar-refractivity contribution in [3.05, 3.63) is 23.8 Å². The number of ether oxygens (including phenoxy) is 2. The first-order chi connectivity index (χ1) is 10.1. The predicted molar refractivity (Wildman–Crippen MR) is 81.5 cm³/mol. The average Bonchev–Trinajstić information content (AvgIpc) is 2.78. The van der Waals surface area contributed by atoms with E-state index in [2.05, 4.69) is 6.92 Å². The molecular formula is C16H24N2O3. The molecule has 1 heterocycles. The first-order valence-corrected chi connectivity index (χ1v) is 7.48. The number of amides is 1. The van der Waals surface area contributed by atoms with Gasteiger partial charge in [-0.25, -0.2) is 0 Å². The van der Waals surface area contributed by atoms with Crippen LogP contribution in [0.2, 0.25) is 0 Å². The summed E-state index contributed by atoms with van der Waals surface area (Å²) in [5.74, 6) is 1.52. The van der Waals surface area contributed by atoms with Gasteiger partial charge in [0.05, 0.1) is 19.8 Å². The molecule has 5 nitrogen and oxygen atoms in total. The molecule has 116 valence electrons. The van der Waals surface area contributed by atoms with E-state index in [9.17, 15) is 4.79 Å². The van der Waals surface area contributed by atoms with Gasteiger partial charge in [0.15, 0.2) is 11.5 Å². The van der Waals surface area contributed by atoms with E-state index < -0.39 is 0 Å². The van der Waals surface area contributed by atoms with Crippen LogP contribution < -0.4 is 15.2 Å². The molecule has 1 amide bonds. The van der Waals surface area contributed by atoms with Crippen molar-refractivity contribution < 1.29 is 14.3 Å². The van der Waals surface area contributed by atoms with Crippen LogP contribution in [0.15, 0.2) is 18.2 Å². The van der Waals surface area contributed by atoms with Gasteiger partial charge in [0.2, 0.25) is 5.91 Å². The molecule has 0 bridgehead atoms. The Kier molecular flexibility index (Phi) is 5.07. The molecule has 2 atom stereocenters. The molecule has 0 saturated carbocycles. The second-order valence-electron chi connectivity index (χ2n) is 5.25. The molecular weight excluding hydrogens is 268 g/mol. The number of carbonyl (C=O) groups is 1. The number of nitrogens with two attached hydrogens (primary N) is 1. The second-order valence-corrected chi connectivity index (χ2v) is 5.25. The summed E-state index contributed by atoms with van der Waals surface area (Å²) >= 11 is 0. The van der Waals surface area contributed by atoms with Gasteiger partial charge in [0.25, 0.3) is 0 Å². The zero-order valence-corrected chi connectivity index (χ0v) is 13.0. The standard InChI is InChI=1S/C16H24N2O3/c1-4-8-21-13-7-6-11(9-14(13)20-3)16-12(17)10-15(19)18(16)5-2/h6-7,9,12,16H,4-5,8,10,17H2,1-3H3. The molecule has 1 saturated heterocycles. The Bertz CT molecular complexity index is 504. The third-order valence-corrected chi connectivity index (χ3v) is 3.80. The van der Waals surface area contributed by atoms with Gasteiger partial charge in [0, 0.05) is 19.0 Å². The molecule has 0 aliphatic carbocycles. The quantitative estimate of drug-likeness (QED) is 0.872. The number of likely N-dealkylation sites (N-methyl/N-ethyl adjacent to an activating group) is 1. The molecule has 0 aromatic heterocycles. The van der Waals surface area contributed by atoms with Gasteiger partial charge < -0.3 is 20.1 Å². The van der Waals surface area contributed by atoms with Crippen molar-refractivity contribution in [3.63, 3.8) is 0 Å². The lowest BCUT2D eigenvalue weighted by Crippen LogP contribution is -2.32. The maximum absolute atomic E-state index is 12.0. The Balaban J connectivity index is 2.29. The lowest BCUT2D eigenvalue weighted by Gasteiger charge is -2.26. The van der Waals surface area contributed by atoms with Gasteiger partial charge in [-0.1, -0.05) is 13.0 Å². The molecule has 1 aromatic carbocycles. The lowest BCUT2D eigenvalue weighted by atomic mass is 10.00. The number of benzene rings is 1. The number of likely N-dealkylation sites (tertiary alicyclic amines) is 1. The van der Waals surface area contributed by atoms with Crippen LogP contribution in [0.3, 0.4) is 0 Å². The van der Waals surface area contributed by atoms with Crippen LogP contribution in [-0.2, 0) is 4.79 Å². The third-order valence-electron chi connectivity index (χ3n) is 3.80. The highest BCUT2D eigenvalue weighted by Gasteiger charge is 2.37. The van der Waals surface area contributed by atoms with Crippen molar-refractivity contribution >= 4 is 5.91 Å². The van der Waals surface area contributed by atoms with Crippen molar-refractivity contribution in [2.75, 3.05) is 20.3 Å². The summed E-state index contributed by atoms with van der Waals surface area (Å²) in [6.45, 7) is 5.34. The van der Waals surface area contributed by atoms with E-state index in [1.54, 1.807) is 7.11 Å². The van der Waals surface area contributed by atoms with Crippen molar-refractivity contribution in [2.24, 2.45) is 5.73 Å². The minimum Gasteiger partial charge on any atom is -0.493 e. The molecule has 5 heteroatoms. The first kappa shape index (κ1) is 15.6. The van der Waals surface area contributed by atoms with Crippen molar-refractivity contribution in [3.8, 4) is 11.5 Å². The zero-order valence-electron chi connectivity index (χ0n) is 13.0. The molecule has 21 heavy (non-hydrogen) atoms. The highest BCUT2D eigenvalue weighted by molar-refractivity contribution is 5.80. The van der Waals surface area contributed by atoms with Crippen LogP contribution in [-0.4, -0.2) is 37.1 Å². The smallest absolute Gasteiger partial charge is 0.224 e. The number of methoxy groups -OCH3 is 1. The fourth-order valence-corrected chi connectivity index (χ4v) is 2.82. The minimum absolute atomic E-state index is 0.0865. The van der Waals surface area contributed by atoms with Crippen LogP contribution in [0.5, 0.6) is 11.5 Å². The number of nitrogens with zero attached hydrogens (tertiary/aromatic N) is 1. The molecule has 0 radical (unpaired) electrons. The van der Waals surface area contributed by atoms with Gasteiger partial charge in [-0.3, -0.25) is 4.79 Å². The Morgan fingerprint density at radius 2 is 2.10 bits per heavy atom. The topological polar surface area (TPSA) is 64.8 Å². The molecule has 0 spiro atoms. The van der Waals surface area contributed by atoms with E-state index in [-0.39, 0.29) is 18.0 Å². The van der Waals surface area contributed by atoms with Crippen molar-refractivity contribution in [1.29, 1.82) is 0 Å². The Hall–Kier alpha value is -1.75. The van der Waals surface area contributed by atoms with Crippen LogP contribution >= 0.6 is 0 Å². The monoisotopic (exact) mass is 292 g/mol. The molecule has 1 aliphatic rings. The second kappa shape index (κ2) is 6.80. The van der Waals surface area contributed by atoms with Crippen LogP contribution in [0.1, 0.15) is 38.3 Å². The Morgan fingerprint density at radius 3 is 2.71 bits per heavy atom. The maximum atomic E-state index is 12.0. The van der Waals surface area contributed by atoms with Crippen LogP contribution in [0.4, 0.5) is 0 Å². The summed E-state index contributed by atoms with van der Waals surface area (Å²) in [6.07, 6.45) is 1.34. The molecule has 2 rings (SSSR count). The van der Waals surface area contributed by atoms with E-state index in [1.807, 2.05) is 30.0 Å². The minimum atomic E-state index is -0.176. The van der Waals surface area contributed by atoms with E-state index in [0.717, 1.165) is 17.7 Å². The maximum Gasteiger partial charge on any atom is 0.224 e. The van der Waals surface area contributed by atoms with Gasteiger partial charge >= 0.3 is 0 Å². The summed E-state index contributed by atoms with van der Waals surface area (Å²) in [5, 5.41) is 0. The number of carbonyl (C=O) groups excluding carboxylic acids is 1. The zero-order chi connectivity index (χ0) is 15.4. The van der Waals surface area contributed by atoms with Gasteiger partial charge in [-0.2, -0.15) is 0 Å². The fraction of sp³-hybridized carbons (Fsp3) is 0.562. The first-order valence-electron chi connectivity index (χ1n) is 7.48. The summed E-state index contributed by atoms with van der Waals surface area (Å²) in [7, 11) is 1.62. The number of rotatable bonds is 6. The third kappa shape index (κ3) is 3.13. The molecule has 1 aromatic rings. The molecule has 2 unspecified atom stereocenters. The van der Waals surface area contributed by atoms with Crippen molar-refractivity contribution in [2.45, 2.75) is 38.8 Å². The fourth-order valence-electron chi connectivity index (χ4n) is 2.82. The van der Waals surface area contributed by atoms with Crippen molar-refractivity contribution in [1.82, 2.24) is 4.90 Å². The Labute approximate surface area is 126 Å². The average molecular weight is 292 g/mol. The molecule has 1 fully saturated rings. The summed E-state index contributed by atoms with van der Waals surface area (Å²) in [5.41, 5.74) is 7.14. The molecule has 1 aliphatic heterocycles. The normalized spacial score (nSPS) is 21.7. The number of hydrogen-bond acceptors (Lipinski definition) is 4. The van der Waals surface area contributed by atoms with Gasteiger partial charge in [-0.05, 0) is 31.0 Å². The largest absolute Gasteiger partial charge is 0.493 e. The lowest BCUT2D eigenvalue weighted by molar-refractivity contribution is -0.128. The van der Waals surface area contributed by atoms with E-state index >= 15 is 0 Å². The van der Waals surface area contributed by atoms with E-state index in [1.165, 1.54) is 0 Å². The summed E-state index contributed by atoms with van der Waals surface area (Å²) in [4.78, 5) is 13.8. The SMILES string of the molecule is CCCOc1ccc(C2C(N)CC(=O)N2CC)cc1OC. The summed E-state index contributed by atoms with van der Waals surface area (Å²) in [6, 6.07) is 5.53. The van der Waals surface area contributed by atoms with Gasteiger partial charge in [0.1, 0.15) is 0 Å². The predicted octanol–water partition coefficient (Wildman–Crippen LogP) is 2.10.